The lowest BCUT2D eigenvalue weighted by atomic mass is 10.0. The van der Waals surface area contributed by atoms with Gasteiger partial charge in [0.15, 0.2) is 0 Å². The summed E-state index contributed by atoms with van der Waals surface area (Å²) in [5.41, 5.74) is 2.15. The third kappa shape index (κ3) is 3.54. The maximum Gasteiger partial charge on any atom is 0.405 e. The highest BCUT2D eigenvalue weighted by atomic mass is 19.1. The molecule has 7 nitrogen and oxygen atoms in total. The van der Waals surface area contributed by atoms with Crippen LogP contribution in [0.25, 0.3) is 22.3 Å². The summed E-state index contributed by atoms with van der Waals surface area (Å²) in [6.07, 6.45) is 3.65. The quantitative estimate of drug-likeness (QED) is 0.421. The Balaban J connectivity index is 1.65. The van der Waals surface area contributed by atoms with Crippen molar-refractivity contribution in [2.45, 2.75) is 12.5 Å². The number of nitrogens with zero attached hydrogens (tertiary/aromatic N) is 2. The summed E-state index contributed by atoms with van der Waals surface area (Å²) in [6.45, 7) is 0. The molecule has 1 aromatic carbocycles. The molecule has 0 saturated carbocycles. The van der Waals surface area contributed by atoms with Crippen LogP contribution in [0.15, 0.2) is 48.9 Å². The number of fused-ring (bicyclic) bond motifs is 1. The lowest BCUT2D eigenvalue weighted by Gasteiger charge is -2.14. The fraction of sp³-hybridized carbons (Fsp3) is 0.105. The van der Waals surface area contributed by atoms with Crippen molar-refractivity contribution < 1.29 is 18.7 Å². The van der Waals surface area contributed by atoms with Crippen molar-refractivity contribution in [3.63, 3.8) is 0 Å². The molecule has 4 aromatic rings. The van der Waals surface area contributed by atoms with Gasteiger partial charge in [0.25, 0.3) is 0 Å². The number of carboxylic acid groups (broad SMARTS) is 1. The first-order valence-electron chi connectivity index (χ1n) is 8.42. The summed E-state index contributed by atoms with van der Waals surface area (Å²) in [7, 11) is 0. The minimum Gasteiger partial charge on any atom is -0.465 e. The molecule has 9 heteroatoms. The smallest absolute Gasteiger partial charge is 0.405 e. The molecule has 28 heavy (non-hydrogen) atoms. The van der Waals surface area contributed by atoms with E-state index in [0.29, 0.717) is 22.7 Å². The number of nitrogens with one attached hydrogen (secondary N) is 3. The summed E-state index contributed by atoms with van der Waals surface area (Å²) in [5, 5.41) is 12.4. The van der Waals surface area contributed by atoms with Gasteiger partial charge in [0.05, 0.1) is 11.7 Å². The Labute approximate surface area is 157 Å². The highest BCUT2D eigenvalue weighted by Gasteiger charge is 2.21. The second-order valence-electron chi connectivity index (χ2n) is 6.24. The first kappa shape index (κ1) is 17.7. The molecule has 1 atom stereocenters. The maximum atomic E-state index is 13.4. The van der Waals surface area contributed by atoms with Gasteiger partial charge in [-0.2, -0.15) is 0 Å². The molecule has 0 unspecified atom stereocenters. The molecule has 0 radical (unpaired) electrons. The molecule has 3 aromatic heterocycles. The van der Waals surface area contributed by atoms with Crippen LogP contribution in [0.1, 0.15) is 17.4 Å². The highest BCUT2D eigenvalue weighted by molar-refractivity contribution is 5.83. The molecular weight excluding hydrogens is 368 g/mol. The molecule has 4 rings (SSSR count). The number of halogens is 2. The van der Waals surface area contributed by atoms with Crippen molar-refractivity contribution >= 4 is 17.0 Å². The summed E-state index contributed by atoms with van der Waals surface area (Å²) >= 11 is 0. The van der Waals surface area contributed by atoms with Crippen molar-refractivity contribution in [2.75, 3.05) is 0 Å². The van der Waals surface area contributed by atoms with Gasteiger partial charge in [-0.15, -0.1) is 0 Å². The topological polar surface area (TPSA) is 107 Å². The maximum absolute atomic E-state index is 13.4. The van der Waals surface area contributed by atoms with E-state index in [2.05, 4.69) is 25.3 Å². The Morgan fingerprint density at radius 2 is 1.93 bits per heavy atom. The Hall–Kier alpha value is -3.75. The van der Waals surface area contributed by atoms with E-state index >= 15 is 0 Å². The number of imidazole rings is 1. The second kappa shape index (κ2) is 7.10. The van der Waals surface area contributed by atoms with E-state index in [9.17, 15) is 18.7 Å². The molecule has 0 bridgehead atoms. The zero-order valence-electron chi connectivity index (χ0n) is 14.4. The number of benzene rings is 1. The zero-order valence-corrected chi connectivity index (χ0v) is 14.4. The molecule has 0 saturated heterocycles. The molecule has 0 fully saturated rings. The number of hydrogen-bond acceptors (Lipinski definition) is 3. The zero-order chi connectivity index (χ0) is 19.7. The molecular formula is C19H15F2N5O2. The van der Waals surface area contributed by atoms with Crippen LogP contribution in [0, 0.1) is 11.6 Å². The predicted molar refractivity (Wildman–Crippen MR) is 97.6 cm³/mol. The van der Waals surface area contributed by atoms with E-state index in [1.165, 1.54) is 36.7 Å². The number of aromatic amines is 2. The van der Waals surface area contributed by atoms with Gasteiger partial charge in [-0.25, -0.2) is 18.6 Å². The van der Waals surface area contributed by atoms with Crippen LogP contribution >= 0.6 is 0 Å². The Kier molecular flexibility index (Phi) is 4.48. The molecule has 0 aliphatic rings. The number of pyridine rings is 1. The van der Waals surface area contributed by atoms with Crippen LogP contribution in [0.5, 0.6) is 0 Å². The van der Waals surface area contributed by atoms with Gasteiger partial charge >= 0.3 is 6.09 Å². The first-order valence-corrected chi connectivity index (χ1v) is 8.42. The number of amides is 1. The highest BCUT2D eigenvalue weighted by Crippen LogP contribution is 2.25. The van der Waals surface area contributed by atoms with Crippen LogP contribution in [-0.2, 0) is 6.42 Å². The van der Waals surface area contributed by atoms with Gasteiger partial charge in [-0.05, 0) is 29.8 Å². The molecule has 142 valence electrons. The van der Waals surface area contributed by atoms with E-state index in [0.717, 1.165) is 10.9 Å². The molecule has 0 spiro atoms. The first-order chi connectivity index (χ1) is 13.5. The van der Waals surface area contributed by atoms with Gasteiger partial charge < -0.3 is 20.4 Å². The van der Waals surface area contributed by atoms with Crippen molar-refractivity contribution in [3.8, 4) is 11.4 Å². The molecule has 0 aliphatic heterocycles. The third-order valence-electron chi connectivity index (χ3n) is 4.36. The van der Waals surface area contributed by atoms with Crippen molar-refractivity contribution in [3.05, 3.63) is 71.9 Å². The van der Waals surface area contributed by atoms with Crippen LogP contribution in [-0.4, -0.2) is 31.1 Å². The number of H-pyrrole nitrogens is 2. The van der Waals surface area contributed by atoms with Crippen LogP contribution in [0.2, 0.25) is 0 Å². The van der Waals surface area contributed by atoms with Crippen LogP contribution in [0.3, 0.4) is 0 Å². The third-order valence-corrected chi connectivity index (χ3v) is 4.36. The Morgan fingerprint density at radius 3 is 2.71 bits per heavy atom. The van der Waals surface area contributed by atoms with Gasteiger partial charge in [-0.3, -0.25) is 4.98 Å². The number of aromatic nitrogens is 4. The van der Waals surface area contributed by atoms with Gasteiger partial charge in [0.2, 0.25) is 0 Å². The summed E-state index contributed by atoms with van der Waals surface area (Å²) < 4.78 is 26.8. The van der Waals surface area contributed by atoms with Gasteiger partial charge in [0, 0.05) is 42.0 Å². The van der Waals surface area contributed by atoms with Crippen LogP contribution < -0.4 is 5.32 Å². The number of carbonyl (C=O) groups is 1. The molecule has 3 heterocycles. The van der Waals surface area contributed by atoms with Crippen molar-refractivity contribution in [1.29, 1.82) is 0 Å². The summed E-state index contributed by atoms with van der Waals surface area (Å²) in [5.74, 6) is -0.444. The Bertz CT molecular complexity index is 1150. The summed E-state index contributed by atoms with van der Waals surface area (Å²) in [4.78, 5) is 25.6. The average Bonchev–Trinajstić information content (AvgIpc) is 3.28. The number of hydrogen-bond donors (Lipinski definition) is 4. The molecule has 0 aliphatic carbocycles. The predicted octanol–water partition coefficient (Wildman–Crippen LogP) is 3.78. The largest absolute Gasteiger partial charge is 0.465 e. The minimum atomic E-state index is -1.21. The monoisotopic (exact) mass is 383 g/mol. The van der Waals surface area contributed by atoms with Gasteiger partial charge in [0.1, 0.15) is 23.2 Å². The van der Waals surface area contributed by atoms with Crippen molar-refractivity contribution in [2.24, 2.45) is 0 Å². The van der Waals surface area contributed by atoms with E-state index in [4.69, 9.17) is 0 Å². The lowest BCUT2D eigenvalue weighted by molar-refractivity contribution is 0.189. The van der Waals surface area contributed by atoms with E-state index in [-0.39, 0.29) is 12.2 Å². The normalized spacial score (nSPS) is 12.2. The van der Waals surface area contributed by atoms with Crippen molar-refractivity contribution in [1.82, 2.24) is 25.3 Å². The Morgan fingerprint density at radius 1 is 1.11 bits per heavy atom. The lowest BCUT2D eigenvalue weighted by Crippen LogP contribution is -2.29. The minimum absolute atomic E-state index is 0.279. The molecule has 4 N–H and O–H groups in total. The van der Waals surface area contributed by atoms with E-state index in [1.54, 1.807) is 12.3 Å². The number of rotatable bonds is 5. The van der Waals surface area contributed by atoms with Crippen LogP contribution in [0.4, 0.5) is 13.6 Å². The average molecular weight is 383 g/mol. The summed E-state index contributed by atoms with van der Waals surface area (Å²) in [6, 6.07) is 6.14. The molecule has 1 amide bonds. The fourth-order valence-corrected chi connectivity index (χ4v) is 3.10. The van der Waals surface area contributed by atoms with Gasteiger partial charge in [-0.1, -0.05) is 0 Å². The van der Waals surface area contributed by atoms with E-state index in [1.807, 2.05) is 0 Å². The van der Waals surface area contributed by atoms with E-state index < -0.39 is 18.0 Å². The SMILES string of the molecule is O=C(O)N[C@@H](Cc1c[nH]c2cc(F)ccc12)c1nc(-c2cc(F)ccn2)c[nH]1. The fourth-order valence-electron chi connectivity index (χ4n) is 3.10. The standard InChI is InChI=1S/C19H15F2N5O2/c20-11-1-2-13-10(8-23-14(13)6-11)5-16(26-19(27)28)18-24-9-17(25-18)15-7-12(21)3-4-22-15/h1-4,6-9,16,23,26H,5H2,(H,24,25)(H,27,28)/t16-/m0/s1. The second-order valence-corrected chi connectivity index (χ2v) is 6.24.